The van der Waals surface area contributed by atoms with E-state index in [1.54, 1.807) is 0 Å². The van der Waals surface area contributed by atoms with Crippen LogP contribution >= 0.6 is 0 Å². The van der Waals surface area contributed by atoms with Crippen molar-refractivity contribution in [3.05, 3.63) is 0 Å². The van der Waals surface area contributed by atoms with Crippen LogP contribution in [0.3, 0.4) is 0 Å². The van der Waals surface area contributed by atoms with Crippen LogP contribution in [0.5, 0.6) is 0 Å². The summed E-state index contributed by atoms with van der Waals surface area (Å²) in [6, 6.07) is 0. The Morgan fingerprint density at radius 2 is 1.92 bits per heavy atom. The number of aliphatic hydroxyl groups is 2. The van der Waals surface area contributed by atoms with E-state index in [9.17, 15) is 10.2 Å². The van der Waals surface area contributed by atoms with E-state index in [4.69, 9.17) is 0 Å². The third kappa shape index (κ3) is 1.38. The van der Waals surface area contributed by atoms with Crippen molar-refractivity contribution in [2.45, 2.75) is 50.7 Å². The van der Waals surface area contributed by atoms with E-state index in [0.717, 1.165) is 25.7 Å². The van der Waals surface area contributed by atoms with Crippen molar-refractivity contribution in [3.8, 4) is 0 Å². The Kier molecular flexibility index (Phi) is 1.92. The minimum absolute atomic E-state index is 0.274. The lowest BCUT2D eigenvalue weighted by Crippen LogP contribution is -2.42. The lowest BCUT2D eigenvalue weighted by atomic mass is 9.75. The van der Waals surface area contributed by atoms with Gasteiger partial charge in [-0.25, -0.2) is 0 Å². The molecule has 2 N–H and O–H groups in total. The third-order valence-corrected chi connectivity index (χ3v) is 3.59. The highest BCUT2D eigenvalue weighted by molar-refractivity contribution is 4.99. The Morgan fingerprint density at radius 3 is 2.42 bits per heavy atom. The molecular weight excluding hydrogens is 152 g/mol. The van der Waals surface area contributed by atoms with Crippen molar-refractivity contribution in [1.82, 2.24) is 0 Å². The number of rotatable bonds is 1. The Balaban J connectivity index is 2.00. The maximum absolute atomic E-state index is 10.1. The number of aliphatic hydroxyl groups excluding tert-OH is 1. The molecule has 0 radical (unpaired) electrons. The highest BCUT2D eigenvalue weighted by Crippen LogP contribution is 2.48. The van der Waals surface area contributed by atoms with E-state index in [1.807, 2.05) is 0 Å². The van der Waals surface area contributed by atoms with Crippen LogP contribution in [0.2, 0.25) is 0 Å². The SMILES string of the molecule is C[C@@H]1CC[C@@](O)(C2CC2)C[C@@H]1O. The van der Waals surface area contributed by atoms with Gasteiger partial charge in [-0.2, -0.15) is 0 Å². The van der Waals surface area contributed by atoms with Crippen LogP contribution < -0.4 is 0 Å². The normalized spacial score (nSPS) is 49.2. The molecule has 0 heterocycles. The van der Waals surface area contributed by atoms with Crippen LogP contribution in [0.15, 0.2) is 0 Å². The van der Waals surface area contributed by atoms with Crippen LogP contribution in [0, 0.1) is 11.8 Å². The van der Waals surface area contributed by atoms with Gasteiger partial charge >= 0.3 is 0 Å². The monoisotopic (exact) mass is 170 g/mol. The van der Waals surface area contributed by atoms with Gasteiger partial charge < -0.3 is 10.2 Å². The largest absolute Gasteiger partial charge is 0.393 e. The summed E-state index contributed by atoms with van der Waals surface area (Å²) in [6.07, 6.45) is 4.54. The lowest BCUT2D eigenvalue weighted by Gasteiger charge is -2.38. The van der Waals surface area contributed by atoms with Crippen LogP contribution in [0.4, 0.5) is 0 Å². The smallest absolute Gasteiger partial charge is 0.0700 e. The van der Waals surface area contributed by atoms with Crippen molar-refractivity contribution >= 4 is 0 Å². The predicted octanol–water partition coefficient (Wildman–Crippen LogP) is 1.31. The molecule has 2 nitrogen and oxygen atoms in total. The maximum Gasteiger partial charge on any atom is 0.0700 e. The molecule has 2 saturated carbocycles. The molecule has 3 atom stereocenters. The number of hydrogen-bond donors (Lipinski definition) is 2. The zero-order chi connectivity index (χ0) is 8.77. The summed E-state index contributed by atoms with van der Waals surface area (Å²) in [5.74, 6) is 0.878. The maximum atomic E-state index is 10.1. The zero-order valence-electron chi connectivity index (χ0n) is 7.66. The number of hydrogen-bond acceptors (Lipinski definition) is 2. The standard InChI is InChI=1S/C10H18O2/c1-7-4-5-10(12,6-9(7)11)8-2-3-8/h7-9,11-12H,2-6H2,1H3/t7-,9+,10+/m1/s1. The molecule has 2 aliphatic rings. The Morgan fingerprint density at radius 1 is 1.25 bits per heavy atom. The molecule has 12 heavy (non-hydrogen) atoms. The fourth-order valence-corrected chi connectivity index (χ4v) is 2.33. The van der Waals surface area contributed by atoms with Crippen LogP contribution in [-0.2, 0) is 0 Å². The van der Waals surface area contributed by atoms with Crippen LogP contribution in [0.25, 0.3) is 0 Å². The minimum Gasteiger partial charge on any atom is -0.393 e. The topological polar surface area (TPSA) is 40.5 Å². The first-order valence-corrected chi connectivity index (χ1v) is 5.02. The van der Waals surface area contributed by atoms with E-state index < -0.39 is 5.60 Å². The minimum atomic E-state index is -0.508. The van der Waals surface area contributed by atoms with Crippen LogP contribution in [0.1, 0.15) is 39.0 Å². The first kappa shape index (κ1) is 8.52. The molecule has 2 heteroatoms. The predicted molar refractivity (Wildman–Crippen MR) is 46.7 cm³/mol. The van der Waals surface area contributed by atoms with Crippen molar-refractivity contribution in [2.75, 3.05) is 0 Å². The summed E-state index contributed by atoms with van der Waals surface area (Å²) in [6.45, 7) is 2.07. The molecule has 2 fully saturated rings. The lowest BCUT2D eigenvalue weighted by molar-refractivity contribution is -0.0797. The molecule has 70 valence electrons. The second-order valence-electron chi connectivity index (χ2n) is 4.67. The Bertz CT molecular complexity index is 177. The molecule has 0 aromatic carbocycles. The fourth-order valence-electron chi connectivity index (χ4n) is 2.33. The van der Waals surface area contributed by atoms with Crippen molar-refractivity contribution < 1.29 is 10.2 Å². The van der Waals surface area contributed by atoms with Gasteiger partial charge in [-0.1, -0.05) is 6.92 Å². The quantitative estimate of drug-likeness (QED) is 0.623. The molecule has 2 aliphatic carbocycles. The molecule has 0 spiro atoms. The summed E-state index contributed by atoms with van der Waals surface area (Å²) < 4.78 is 0. The van der Waals surface area contributed by atoms with Gasteiger partial charge in [0, 0.05) is 6.42 Å². The van der Waals surface area contributed by atoms with E-state index in [1.165, 1.54) is 0 Å². The van der Waals surface area contributed by atoms with Gasteiger partial charge in [-0.3, -0.25) is 0 Å². The van der Waals surface area contributed by atoms with Gasteiger partial charge in [0.1, 0.15) is 0 Å². The van der Waals surface area contributed by atoms with Gasteiger partial charge in [0.2, 0.25) is 0 Å². The van der Waals surface area contributed by atoms with E-state index >= 15 is 0 Å². The molecule has 0 saturated heterocycles. The summed E-state index contributed by atoms with van der Waals surface area (Å²) in [4.78, 5) is 0. The fraction of sp³-hybridized carbons (Fsp3) is 1.00. The van der Waals surface area contributed by atoms with Gasteiger partial charge in [0.05, 0.1) is 11.7 Å². The highest BCUT2D eigenvalue weighted by atomic mass is 16.3. The highest BCUT2D eigenvalue weighted by Gasteiger charge is 2.47. The molecule has 0 bridgehead atoms. The molecule has 0 unspecified atom stereocenters. The first-order valence-electron chi connectivity index (χ1n) is 5.02. The van der Waals surface area contributed by atoms with Crippen LogP contribution in [-0.4, -0.2) is 21.9 Å². The summed E-state index contributed by atoms with van der Waals surface area (Å²) in [5, 5.41) is 19.8. The molecule has 0 aromatic heterocycles. The van der Waals surface area contributed by atoms with Gasteiger partial charge in [-0.15, -0.1) is 0 Å². The average Bonchev–Trinajstić information content (AvgIpc) is 2.79. The second kappa shape index (κ2) is 2.71. The van der Waals surface area contributed by atoms with E-state index in [2.05, 4.69) is 6.92 Å². The molecule has 0 aromatic rings. The van der Waals surface area contributed by atoms with Gasteiger partial charge in [-0.05, 0) is 37.5 Å². The summed E-state index contributed by atoms with van der Waals surface area (Å²) in [7, 11) is 0. The van der Waals surface area contributed by atoms with E-state index in [-0.39, 0.29) is 6.10 Å². The summed E-state index contributed by atoms with van der Waals surface area (Å²) in [5.41, 5.74) is -0.508. The van der Waals surface area contributed by atoms with Crippen molar-refractivity contribution in [2.24, 2.45) is 11.8 Å². The molecule has 0 aliphatic heterocycles. The Labute approximate surface area is 73.6 Å². The molecule has 0 amide bonds. The zero-order valence-corrected chi connectivity index (χ0v) is 7.66. The third-order valence-electron chi connectivity index (χ3n) is 3.59. The van der Waals surface area contributed by atoms with Crippen molar-refractivity contribution in [1.29, 1.82) is 0 Å². The molecular formula is C10H18O2. The van der Waals surface area contributed by atoms with E-state index in [0.29, 0.717) is 18.3 Å². The van der Waals surface area contributed by atoms with Crippen molar-refractivity contribution in [3.63, 3.8) is 0 Å². The first-order chi connectivity index (χ1) is 5.62. The Hall–Kier alpha value is -0.0800. The average molecular weight is 170 g/mol. The van der Waals surface area contributed by atoms with Gasteiger partial charge in [0.15, 0.2) is 0 Å². The molecule has 2 rings (SSSR count). The van der Waals surface area contributed by atoms with Gasteiger partial charge in [0.25, 0.3) is 0 Å². The second-order valence-corrected chi connectivity index (χ2v) is 4.67. The summed E-state index contributed by atoms with van der Waals surface area (Å²) >= 11 is 0.